The Bertz CT molecular complexity index is 1410. The van der Waals surface area contributed by atoms with E-state index >= 15 is 0 Å². The maximum Gasteiger partial charge on any atom is 0.264 e. The first-order chi connectivity index (χ1) is 15.9. The molecule has 0 fully saturated rings. The summed E-state index contributed by atoms with van der Waals surface area (Å²) in [6.45, 7) is 0.277. The van der Waals surface area contributed by atoms with Gasteiger partial charge < -0.3 is 10.0 Å². The standard InChI is InChI=1S/C27H19Br2NO3/c28-19-12-13-24-22(14-19)27(33,26(32)30(24)16-18-7-2-4-11-23(18)29)15-25(31)21-10-5-8-17-6-1-3-9-20(17)21/h1-14,33H,15-16H2. The molecule has 164 valence electrons. The number of hydrogen-bond acceptors (Lipinski definition) is 3. The minimum absolute atomic E-state index is 0.277. The molecule has 1 N–H and O–H groups in total. The molecule has 33 heavy (non-hydrogen) atoms. The average Bonchev–Trinajstić information content (AvgIpc) is 3.01. The van der Waals surface area contributed by atoms with Gasteiger partial charge in [0.05, 0.1) is 18.7 Å². The summed E-state index contributed by atoms with van der Waals surface area (Å²) in [5, 5.41) is 13.5. The van der Waals surface area contributed by atoms with Crippen molar-refractivity contribution in [2.24, 2.45) is 0 Å². The molecular weight excluding hydrogens is 546 g/mol. The summed E-state index contributed by atoms with van der Waals surface area (Å²) in [5.41, 5.74) is 0.489. The molecule has 0 aliphatic carbocycles. The van der Waals surface area contributed by atoms with Gasteiger partial charge in [-0.2, -0.15) is 0 Å². The van der Waals surface area contributed by atoms with Gasteiger partial charge in [0, 0.05) is 20.1 Å². The lowest BCUT2D eigenvalue weighted by Gasteiger charge is -2.23. The van der Waals surface area contributed by atoms with E-state index in [0.29, 0.717) is 16.8 Å². The first kappa shape index (κ1) is 22.0. The highest BCUT2D eigenvalue weighted by atomic mass is 79.9. The van der Waals surface area contributed by atoms with Gasteiger partial charge in [-0.15, -0.1) is 0 Å². The van der Waals surface area contributed by atoms with Crippen LogP contribution in [0.3, 0.4) is 0 Å². The maximum atomic E-state index is 13.6. The van der Waals surface area contributed by atoms with Gasteiger partial charge in [-0.1, -0.05) is 92.5 Å². The van der Waals surface area contributed by atoms with Gasteiger partial charge in [0.1, 0.15) is 0 Å². The zero-order chi connectivity index (χ0) is 23.2. The summed E-state index contributed by atoms with van der Waals surface area (Å²) in [4.78, 5) is 28.6. The lowest BCUT2D eigenvalue weighted by Crippen LogP contribution is -2.41. The Morgan fingerprint density at radius 2 is 1.64 bits per heavy atom. The molecule has 1 unspecified atom stereocenters. The van der Waals surface area contributed by atoms with E-state index in [0.717, 1.165) is 25.3 Å². The van der Waals surface area contributed by atoms with Gasteiger partial charge in [-0.3, -0.25) is 9.59 Å². The first-order valence-electron chi connectivity index (χ1n) is 10.5. The van der Waals surface area contributed by atoms with Gasteiger partial charge >= 0.3 is 0 Å². The second-order valence-electron chi connectivity index (χ2n) is 8.13. The SMILES string of the molecule is O=C(CC1(O)C(=O)N(Cc2ccccc2Br)c2ccc(Br)cc21)c1cccc2ccccc12. The molecule has 1 aliphatic rings. The Labute approximate surface area is 208 Å². The van der Waals surface area contributed by atoms with Crippen molar-refractivity contribution in [3.05, 3.63) is 111 Å². The smallest absolute Gasteiger partial charge is 0.264 e. The topological polar surface area (TPSA) is 57.6 Å². The third kappa shape index (κ3) is 3.82. The molecule has 6 heteroatoms. The van der Waals surface area contributed by atoms with Crippen molar-refractivity contribution < 1.29 is 14.7 Å². The minimum atomic E-state index is -1.95. The third-order valence-electron chi connectivity index (χ3n) is 6.09. The van der Waals surface area contributed by atoms with Crippen LogP contribution in [-0.4, -0.2) is 16.8 Å². The zero-order valence-corrected chi connectivity index (χ0v) is 20.6. The van der Waals surface area contributed by atoms with E-state index in [1.807, 2.05) is 66.7 Å². The monoisotopic (exact) mass is 563 g/mol. The number of halogens is 2. The van der Waals surface area contributed by atoms with Crippen LogP contribution in [-0.2, 0) is 16.9 Å². The third-order valence-corrected chi connectivity index (χ3v) is 7.35. The lowest BCUT2D eigenvalue weighted by molar-refractivity contribution is -0.136. The van der Waals surface area contributed by atoms with Crippen LogP contribution in [0.2, 0.25) is 0 Å². The van der Waals surface area contributed by atoms with Crippen molar-refractivity contribution >= 4 is 60.0 Å². The maximum absolute atomic E-state index is 13.6. The number of carbonyl (C=O) groups is 2. The summed E-state index contributed by atoms with van der Waals surface area (Å²) < 4.78 is 1.60. The molecule has 0 aromatic heterocycles. The lowest BCUT2D eigenvalue weighted by atomic mass is 9.87. The van der Waals surface area contributed by atoms with Gasteiger partial charge in [0.25, 0.3) is 5.91 Å². The van der Waals surface area contributed by atoms with Crippen LogP contribution in [0.4, 0.5) is 5.69 Å². The predicted octanol–water partition coefficient (Wildman–Crippen LogP) is 6.37. The quantitative estimate of drug-likeness (QED) is 0.286. The van der Waals surface area contributed by atoms with Crippen molar-refractivity contribution in [3.63, 3.8) is 0 Å². The number of amides is 1. The van der Waals surface area contributed by atoms with E-state index in [2.05, 4.69) is 31.9 Å². The highest BCUT2D eigenvalue weighted by Gasteiger charge is 2.51. The van der Waals surface area contributed by atoms with Crippen molar-refractivity contribution in [1.29, 1.82) is 0 Å². The molecule has 5 rings (SSSR count). The van der Waals surface area contributed by atoms with Gasteiger partial charge in [0.2, 0.25) is 0 Å². The molecule has 1 amide bonds. The summed E-state index contributed by atoms with van der Waals surface area (Å²) in [6.07, 6.45) is -0.338. The van der Waals surface area contributed by atoms with Crippen LogP contribution in [0, 0.1) is 0 Å². The number of ketones is 1. The number of benzene rings is 4. The van der Waals surface area contributed by atoms with Crippen LogP contribution in [0.15, 0.2) is 93.9 Å². The van der Waals surface area contributed by atoms with E-state index in [-0.39, 0.29) is 18.7 Å². The molecule has 0 saturated heterocycles. The second kappa shape index (κ2) is 8.52. The van der Waals surface area contributed by atoms with Crippen molar-refractivity contribution in [1.82, 2.24) is 0 Å². The number of fused-ring (bicyclic) bond motifs is 2. The van der Waals surface area contributed by atoms with Crippen LogP contribution in [0.1, 0.15) is 27.9 Å². The van der Waals surface area contributed by atoms with Crippen LogP contribution < -0.4 is 4.90 Å². The van der Waals surface area contributed by atoms with Crippen molar-refractivity contribution in [3.8, 4) is 0 Å². The normalized spacial score (nSPS) is 17.4. The van der Waals surface area contributed by atoms with Crippen LogP contribution in [0.5, 0.6) is 0 Å². The largest absolute Gasteiger partial charge is 0.375 e. The zero-order valence-electron chi connectivity index (χ0n) is 17.5. The minimum Gasteiger partial charge on any atom is -0.375 e. The van der Waals surface area contributed by atoms with Gasteiger partial charge in [-0.25, -0.2) is 0 Å². The summed E-state index contributed by atoms with van der Waals surface area (Å²) in [6, 6.07) is 26.1. The average molecular weight is 565 g/mol. The molecular formula is C27H19Br2NO3. The van der Waals surface area contributed by atoms with Gasteiger partial charge in [-0.05, 0) is 40.6 Å². The van der Waals surface area contributed by atoms with Crippen molar-refractivity contribution in [2.75, 3.05) is 4.90 Å². The number of nitrogens with zero attached hydrogens (tertiary/aromatic N) is 1. The summed E-state index contributed by atoms with van der Waals surface area (Å²) in [5.74, 6) is -0.781. The fourth-order valence-corrected chi connectivity index (χ4v) is 5.21. The van der Waals surface area contributed by atoms with E-state index in [4.69, 9.17) is 0 Å². The molecule has 1 atom stereocenters. The molecule has 4 nitrogen and oxygen atoms in total. The van der Waals surface area contributed by atoms with E-state index in [9.17, 15) is 14.7 Å². The second-order valence-corrected chi connectivity index (χ2v) is 9.90. The summed E-state index contributed by atoms with van der Waals surface area (Å²) in [7, 11) is 0. The molecule has 0 spiro atoms. The van der Waals surface area contributed by atoms with Crippen LogP contribution in [0.25, 0.3) is 10.8 Å². The Morgan fingerprint density at radius 3 is 2.45 bits per heavy atom. The molecule has 0 bridgehead atoms. The molecule has 1 heterocycles. The predicted molar refractivity (Wildman–Crippen MR) is 136 cm³/mol. The number of hydrogen-bond donors (Lipinski definition) is 1. The fourth-order valence-electron chi connectivity index (χ4n) is 4.44. The summed E-state index contributed by atoms with van der Waals surface area (Å²) >= 11 is 6.98. The number of carbonyl (C=O) groups excluding carboxylic acids is 2. The number of Topliss-reactive ketones (excluding diaryl/α,β-unsaturated/α-hetero) is 1. The van der Waals surface area contributed by atoms with Crippen LogP contribution >= 0.6 is 31.9 Å². The van der Waals surface area contributed by atoms with Crippen molar-refractivity contribution in [2.45, 2.75) is 18.6 Å². The molecule has 0 radical (unpaired) electrons. The molecule has 4 aromatic rings. The molecule has 4 aromatic carbocycles. The Morgan fingerprint density at radius 1 is 0.909 bits per heavy atom. The number of anilines is 1. The fraction of sp³-hybridized carbons (Fsp3) is 0.111. The molecule has 1 aliphatic heterocycles. The first-order valence-corrected chi connectivity index (χ1v) is 12.1. The highest BCUT2D eigenvalue weighted by molar-refractivity contribution is 9.10. The Hall–Kier alpha value is -2.80. The highest BCUT2D eigenvalue weighted by Crippen LogP contribution is 2.45. The van der Waals surface area contributed by atoms with E-state index < -0.39 is 11.5 Å². The molecule has 0 saturated carbocycles. The Balaban J connectivity index is 1.55. The van der Waals surface area contributed by atoms with Gasteiger partial charge in [0.15, 0.2) is 11.4 Å². The number of rotatable bonds is 5. The van der Waals surface area contributed by atoms with E-state index in [1.54, 1.807) is 23.1 Å². The number of aliphatic hydroxyl groups is 1. The Kier molecular flexibility index (Phi) is 5.69. The van der Waals surface area contributed by atoms with E-state index in [1.165, 1.54) is 0 Å².